The molecule has 0 aromatic carbocycles. The lowest BCUT2D eigenvalue weighted by molar-refractivity contribution is -0.0804. The number of aliphatic hydroxyl groups excluding tert-OH is 1. The Hall–Kier alpha value is -3.01. The van der Waals surface area contributed by atoms with Crippen LogP contribution >= 0.6 is 23.2 Å². The number of fused-ring (bicyclic) bond motifs is 2. The van der Waals surface area contributed by atoms with Crippen LogP contribution in [0.2, 0.25) is 0 Å². The summed E-state index contributed by atoms with van der Waals surface area (Å²) in [5.74, 6) is 0.220. The largest absolute Gasteiger partial charge is 0.479 e. The van der Waals surface area contributed by atoms with Crippen molar-refractivity contribution in [2.45, 2.75) is 50.7 Å². The zero-order chi connectivity index (χ0) is 34.1. The lowest BCUT2D eigenvalue weighted by Crippen LogP contribution is -2.34. The van der Waals surface area contributed by atoms with E-state index in [1.165, 1.54) is 41.4 Å². The molecule has 1 aliphatic heterocycles. The van der Waals surface area contributed by atoms with Crippen molar-refractivity contribution < 1.29 is 60.8 Å². The Morgan fingerprint density at radius 3 is 2.28 bits per heavy atom. The van der Waals surface area contributed by atoms with Crippen LogP contribution in [0.5, 0.6) is 0 Å². The summed E-state index contributed by atoms with van der Waals surface area (Å²) in [5.41, 5.74) is 12.8. The van der Waals surface area contributed by atoms with Crippen molar-refractivity contribution in [2.24, 2.45) is 0 Å². The lowest BCUT2D eigenvalue weighted by atomic mass is 10.2. The molecule has 0 bridgehead atoms. The normalized spacial score (nSPS) is 23.7. The molecular weight excluding hydrogens is 693 g/mol. The van der Waals surface area contributed by atoms with Crippen molar-refractivity contribution in [1.29, 1.82) is 0 Å². The second kappa shape index (κ2) is 13.8. The summed E-state index contributed by atoms with van der Waals surface area (Å²) >= 11 is 0. The van der Waals surface area contributed by atoms with Crippen molar-refractivity contribution in [3.05, 3.63) is 25.3 Å². The minimum Gasteiger partial charge on any atom is -0.394 e. The van der Waals surface area contributed by atoms with Crippen LogP contribution in [-0.2, 0) is 47.8 Å². The average molecular weight is 724 g/mol. The van der Waals surface area contributed by atoms with Gasteiger partial charge >= 0.3 is 23.2 Å². The number of phosphoric ester groups is 2. The number of nitrogens with zero attached hydrogens (tertiary/aromatic N) is 8. The average Bonchev–Trinajstić information content (AvgIpc) is 3.69. The summed E-state index contributed by atoms with van der Waals surface area (Å²) in [5, 5.41) is 9.89. The molecule has 5 rings (SSSR count). The van der Waals surface area contributed by atoms with Gasteiger partial charge < -0.3 is 40.7 Å². The van der Waals surface area contributed by atoms with Crippen LogP contribution in [0.25, 0.3) is 22.3 Å². The molecule has 5 heterocycles. The Balaban J connectivity index is 1.29. The van der Waals surface area contributed by atoms with Crippen LogP contribution in [0.1, 0.15) is 19.6 Å². The second-order valence-corrected chi connectivity index (χ2v) is 15.0. The van der Waals surface area contributed by atoms with E-state index in [9.17, 15) is 33.5 Å². The molecule has 0 spiro atoms. The number of ether oxygens (including phenoxy) is 2. The second-order valence-electron chi connectivity index (χ2n) is 10.2. The number of nitrogen functional groups attached to an aromatic ring is 2. The molecule has 1 saturated heterocycles. The first-order valence-corrected chi connectivity index (χ1v) is 18.5. The summed E-state index contributed by atoms with van der Waals surface area (Å²) in [6.07, 6.45) is -0.870. The molecule has 0 aliphatic carbocycles. The van der Waals surface area contributed by atoms with Gasteiger partial charge in [-0.1, -0.05) is 0 Å². The highest BCUT2D eigenvalue weighted by Gasteiger charge is 2.43. The van der Waals surface area contributed by atoms with Gasteiger partial charge in [0, 0.05) is 13.1 Å². The zero-order valence-electron chi connectivity index (χ0n) is 24.6. The van der Waals surface area contributed by atoms with E-state index >= 15 is 0 Å². The van der Waals surface area contributed by atoms with Crippen LogP contribution in [0.4, 0.5) is 11.6 Å². The van der Waals surface area contributed by atoms with Gasteiger partial charge in [-0.2, -0.15) is 0 Å². The molecule has 0 amide bonds. The summed E-state index contributed by atoms with van der Waals surface area (Å²) in [7, 11) is -14.6. The predicted molar refractivity (Wildman–Crippen MR) is 158 cm³/mol. The minimum atomic E-state index is -5.14. The lowest BCUT2D eigenvalue weighted by Gasteiger charge is -2.27. The first kappa shape index (κ1) is 35.3. The fraction of sp³-hybridized carbons (Fsp3) is 0.524. The van der Waals surface area contributed by atoms with Gasteiger partial charge in [0.1, 0.15) is 55.0 Å². The van der Waals surface area contributed by atoms with Crippen LogP contribution in [0, 0.1) is 0 Å². The Morgan fingerprint density at radius 1 is 0.979 bits per heavy atom. The molecule has 0 radical (unpaired) electrons. The van der Waals surface area contributed by atoms with Crippen LogP contribution in [0.3, 0.4) is 0 Å². The van der Waals surface area contributed by atoms with E-state index in [0.29, 0.717) is 17.8 Å². The zero-order valence-corrected chi connectivity index (χ0v) is 27.2. The molecule has 1 fully saturated rings. The Kier molecular flexibility index (Phi) is 10.4. The molecule has 26 heteroatoms. The van der Waals surface area contributed by atoms with Gasteiger partial charge in [-0.05, 0) is 6.92 Å². The smallest absolute Gasteiger partial charge is 0.394 e. The van der Waals surface area contributed by atoms with Crippen LogP contribution < -0.4 is 11.5 Å². The summed E-state index contributed by atoms with van der Waals surface area (Å²) in [6.45, 7) is 0.160. The molecule has 0 saturated carbocycles. The first-order chi connectivity index (χ1) is 22.1. The number of hydrogen-bond donors (Lipinski definition) is 6. The highest BCUT2D eigenvalue weighted by atomic mass is 31.3. The van der Waals surface area contributed by atoms with E-state index in [-0.39, 0.29) is 36.0 Å². The van der Waals surface area contributed by atoms with Crippen molar-refractivity contribution >= 4 is 57.2 Å². The third-order valence-electron chi connectivity index (χ3n) is 6.66. The Morgan fingerprint density at radius 2 is 1.62 bits per heavy atom. The van der Waals surface area contributed by atoms with Crippen LogP contribution in [-0.4, -0.2) is 103 Å². The van der Waals surface area contributed by atoms with Crippen molar-refractivity contribution in [3.63, 3.8) is 0 Å². The molecule has 4 aromatic rings. The molecule has 258 valence electrons. The number of anilines is 2. The third kappa shape index (κ3) is 8.54. The highest BCUT2D eigenvalue weighted by Crippen LogP contribution is 2.58. The standard InChI is InChI=1S/C21H31N10O13P3/c1-11(42-47(37,38)44-45(2,33)34)14(39-10-30-8-28-16-18(22)24-6-26-20(16)30)5-40-46(35,36)43-12-3-15(41-13(12)4-32)31-9-29-17-19(23)25-7-27-21(17)31/h6-9,11-15,32H,3-5,10H2,1-2H3,(H,33,34)(H,35,36)(H,37,38)(H2,22,24,26)(H2,23,25,27)/t11-,12-,13?,14-,15-/m1/s1. The van der Waals surface area contributed by atoms with Gasteiger partial charge in [-0.3, -0.25) is 27.3 Å². The van der Waals surface area contributed by atoms with E-state index in [1.54, 1.807) is 0 Å². The molecule has 8 atom stereocenters. The topological polar surface area (TPSA) is 327 Å². The molecule has 1 aliphatic rings. The minimum absolute atomic E-state index is 0.0457. The number of aromatic nitrogens is 8. The van der Waals surface area contributed by atoms with Crippen molar-refractivity contribution in [1.82, 2.24) is 39.0 Å². The highest BCUT2D eigenvalue weighted by molar-refractivity contribution is 7.63. The fourth-order valence-corrected chi connectivity index (χ4v) is 7.77. The maximum absolute atomic E-state index is 13.1. The first-order valence-electron chi connectivity index (χ1n) is 13.5. The third-order valence-corrected chi connectivity index (χ3v) is 10.3. The fourth-order valence-electron chi connectivity index (χ4n) is 4.57. The SMILES string of the molecule is C[C@@H](OP(=O)(O)OP(C)(=O)O)[C@@H](COP(=O)(O)O[C@@H]1C[C@H](n2cnc3c(N)ncnc32)OC1CO)OCn1cnc2c(N)ncnc21. The Labute approximate surface area is 264 Å². The molecule has 47 heavy (non-hydrogen) atoms. The summed E-state index contributed by atoms with van der Waals surface area (Å²) < 4.78 is 71.3. The van der Waals surface area contributed by atoms with Gasteiger partial charge in [-0.25, -0.2) is 43.3 Å². The maximum Gasteiger partial charge on any atom is 0.479 e. The number of imidazole rings is 2. The molecule has 4 unspecified atom stereocenters. The van der Waals surface area contributed by atoms with Gasteiger partial charge in [0.05, 0.1) is 32.0 Å². The van der Waals surface area contributed by atoms with Crippen molar-refractivity contribution in [3.8, 4) is 0 Å². The monoisotopic (exact) mass is 724 g/mol. The van der Waals surface area contributed by atoms with E-state index in [0.717, 1.165) is 0 Å². The van der Waals surface area contributed by atoms with Gasteiger partial charge in [0.25, 0.3) is 0 Å². The predicted octanol–water partition coefficient (Wildman–Crippen LogP) is 0.293. The maximum atomic E-state index is 13.1. The van der Waals surface area contributed by atoms with E-state index in [4.69, 9.17) is 34.5 Å². The van der Waals surface area contributed by atoms with Crippen LogP contribution in [0.15, 0.2) is 25.3 Å². The van der Waals surface area contributed by atoms with Gasteiger partial charge in [0.2, 0.25) is 0 Å². The van der Waals surface area contributed by atoms with Gasteiger partial charge in [0.15, 0.2) is 22.9 Å². The van der Waals surface area contributed by atoms with Gasteiger partial charge in [-0.15, -0.1) is 0 Å². The molecule has 4 aromatic heterocycles. The number of phosphoric acid groups is 2. The summed E-state index contributed by atoms with van der Waals surface area (Å²) in [6, 6.07) is 0. The van der Waals surface area contributed by atoms with E-state index in [2.05, 4.69) is 34.2 Å². The molecule has 8 N–H and O–H groups in total. The quantitative estimate of drug-likeness (QED) is 0.0897. The number of nitrogens with two attached hydrogens (primary N) is 2. The number of hydrogen-bond acceptors (Lipinski definition) is 18. The number of aliphatic hydroxyl groups is 1. The summed E-state index contributed by atoms with van der Waals surface area (Å²) in [4.78, 5) is 54.2. The van der Waals surface area contributed by atoms with E-state index in [1.807, 2.05) is 0 Å². The molecular formula is C21H31N10O13P3. The Bertz CT molecular complexity index is 1870. The van der Waals surface area contributed by atoms with Crippen molar-refractivity contribution in [2.75, 3.05) is 31.3 Å². The molecule has 23 nitrogen and oxygen atoms in total. The number of rotatable bonds is 15. The van der Waals surface area contributed by atoms with E-state index < -0.39 is 67.1 Å².